The smallest absolute Gasteiger partial charge is 0.409 e. The van der Waals surface area contributed by atoms with Crippen molar-refractivity contribution in [3.63, 3.8) is 0 Å². The summed E-state index contributed by atoms with van der Waals surface area (Å²) in [6.45, 7) is 1.19. The Morgan fingerprint density at radius 1 is 1.65 bits per heavy atom. The van der Waals surface area contributed by atoms with Crippen molar-refractivity contribution in [2.24, 2.45) is 0 Å². The second-order valence-corrected chi connectivity index (χ2v) is 3.89. The first kappa shape index (κ1) is 11.6. The van der Waals surface area contributed by atoms with Gasteiger partial charge in [-0.25, -0.2) is 9.78 Å². The third-order valence-electron chi connectivity index (χ3n) is 2.69. The molecule has 1 aliphatic rings. The molecule has 1 aliphatic heterocycles. The minimum absolute atomic E-state index is 0.0865. The van der Waals surface area contributed by atoms with Crippen LogP contribution in [0, 0.1) is 5.95 Å². The number of ether oxygens (including phenoxy) is 1. The van der Waals surface area contributed by atoms with Crippen LogP contribution in [-0.4, -0.2) is 42.2 Å². The van der Waals surface area contributed by atoms with Gasteiger partial charge in [-0.3, -0.25) is 0 Å². The van der Waals surface area contributed by atoms with Crippen molar-refractivity contribution in [1.82, 2.24) is 9.88 Å². The van der Waals surface area contributed by atoms with Gasteiger partial charge < -0.3 is 15.0 Å². The van der Waals surface area contributed by atoms with E-state index in [9.17, 15) is 9.18 Å². The molecule has 2 rings (SSSR count). The second-order valence-electron chi connectivity index (χ2n) is 3.89. The SMILES string of the molecule is COC(=O)N1CC[C@@H](Nc2cccc(F)n2)C1. The highest BCUT2D eigenvalue weighted by Crippen LogP contribution is 2.15. The fourth-order valence-electron chi connectivity index (χ4n) is 1.87. The molecule has 17 heavy (non-hydrogen) atoms. The van der Waals surface area contributed by atoms with E-state index in [0.717, 1.165) is 6.42 Å². The highest BCUT2D eigenvalue weighted by atomic mass is 19.1. The lowest BCUT2D eigenvalue weighted by Crippen LogP contribution is -2.31. The van der Waals surface area contributed by atoms with Gasteiger partial charge in [0, 0.05) is 19.1 Å². The van der Waals surface area contributed by atoms with Gasteiger partial charge >= 0.3 is 6.09 Å². The molecule has 0 aliphatic carbocycles. The van der Waals surface area contributed by atoms with E-state index in [4.69, 9.17) is 0 Å². The predicted molar refractivity (Wildman–Crippen MR) is 60.2 cm³/mol. The van der Waals surface area contributed by atoms with Crippen LogP contribution in [0.5, 0.6) is 0 Å². The summed E-state index contributed by atoms with van der Waals surface area (Å²) in [5.41, 5.74) is 0. The zero-order chi connectivity index (χ0) is 12.3. The summed E-state index contributed by atoms with van der Waals surface area (Å²) in [4.78, 5) is 16.6. The molecule has 5 nitrogen and oxygen atoms in total. The summed E-state index contributed by atoms with van der Waals surface area (Å²) >= 11 is 0. The lowest BCUT2D eigenvalue weighted by molar-refractivity contribution is 0.133. The van der Waals surface area contributed by atoms with Crippen LogP contribution in [0.2, 0.25) is 0 Å². The second kappa shape index (κ2) is 4.99. The number of aromatic nitrogens is 1. The van der Waals surface area contributed by atoms with E-state index in [1.54, 1.807) is 17.0 Å². The maximum absolute atomic E-state index is 12.9. The number of nitrogens with zero attached hydrogens (tertiary/aromatic N) is 2. The fourth-order valence-corrected chi connectivity index (χ4v) is 1.87. The molecule has 1 fully saturated rings. The number of carbonyl (C=O) groups is 1. The minimum Gasteiger partial charge on any atom is -0.453 e. The van der Waals surface area contributed by atoms with Gasteiger partial charge in [0.15, 0.2) is 0 Å². The van der Waals surface area contributed by atoms with Gasteiger partial charge in [0.1, 0.15) is 5.82 Å². The minimum atomic E-state index is -0.516. The number of likely N-dealkylation sites (tertiary alicyclic amines) is 1. The molecule has 0 spiro atoms. The number of rotatable bonds is 2. The summed E-state index contributed by atoms with van der Waals surface area (Å²) in [7, 11) is 1.36. The number of amides is 1. The molecule has 92 valence electrons. The van der Waals surface area contributed by atoms with Crippen LogP contribution in [0.4, 0.5) is 15.0 Å². The van der Waals surface area contributed by atoms with Gasteiger partial charge in [0.25, 0.3) is 0 Å². The first-order valence-corrected chi connectivity index (χ1v) is 5.41. The van der Waals surface area contributed by atoms with Crippen LogP contribution in [0.1, 0.15) is 6.42 Å². The van der Waals surface area contributed by atoms with Gasteiger partial charge in [0.05, 0.1) is 7.11 Å². The number of hydrogen-bond acceptors (Lipinski definition) is 4. The summed E-state index contributed by atoms with van der Waals surface area (Å²) < 4.78 is 17.5. The fraction of sp³-hybridized carbons (Fsp3) is 0.455. The number of methoxy groups -OCH3 is 1. The molecule has 0 bridgehead atoms. The number of hydrogen-bond donors (Lipinski definition) is 1. The van der Waals surface area contributed by atoms with Crippen molar-refractivity contribution in [1.29, 1.82) is 0 Å². The number of anilines is 1. The molecular formula is C11H14FN3O2. The average Bonchev–Trinajstić information content (AvgIpc) is 2.76. The van der Waals surface area contributed by atoms with Crippen LogP contribution in [0.3, 0.4) is 0 Å². The molecule has 1 atom stereocenters. The molecule has 6 heteroatoms. The topological polar surface area (TPSA) is 54.5 Å². The third kappa shape index (κ3) is 2.83. The van der Waals surface area contributed by atoms with E-state index in [0.29, 0.717) is 18.9 Å². The summed E-state index contributed by atoms with van der Waals surface area (Å²) in [5, 5.41) is 3.09. The quantitative estimate of drug-likeness (QED) is 0.794. The number of pyridine rings is 1. The molecule has 1 N–H and O–H groups in total. The molecule has 1 amide bonds. The van der Waals surface area contributed by atoms with Crippen molar-refractivity contribution in [3.05, 3.63) is 24.1 Å². The molecule has 1 aromatic heterocycles. The van der Waals surface area contributed by atoms with Crippen molar-refractivity contribution in [2.45, 2.75) is 12.5 Å². The van der Waals surface area contributed by atoms with E-state index in [1.807, 2.05) is 0 Å². The summed E-state index contributed by atoms with van der Waals surface area (Å²) in [6.07, 6.45) is 0.467. The average molecular weight is 239 g/mol. The molecule has 0 aromatic carbocycles. The van der Waals surface area contributed by atoms with Crippen LogP contribution in [0.25, 0.3) is 0 Å². The number of carbonyl (C=O) groups excluding carboxylic acids is 1. The Bertz CT molecular complexity index is 413. The molecule has 0 saturated carbocycles. The summed E-state index contributed by atoms with van der Waals surface area (Å²) in [5.74, 6) is -0.0282. The largest absolute Gasteiger partial charge is 0.453 e. The van der Waals surface area contributed by atoms with E-state index in [1.165, 1.54) is 13.2 Å². The van der Waals surface area contributed by atoms with Crippen LogP contribution >= 0.6 is 0 Å². The Morgan fingerprint density at radius 2 is 2.47 bits per heavy atom. The highest BCUT2D eigenvalue weighted by Gasteiger charge is 2.26. The molecular weight excluding hydrogens is 225 g/mol. The van der Waals surface area contributed by atoms with Crippen LogP contribution in [0.15, 0.2) is 18.2 Å². The van der Waals surface area contributed by atoms with Crippen molar-refractivity contribution in [2.75, 3.05) is 25.5 Å². The Balaban J connectivity index is 1.92. The van der Waals surface area contributed by atoms with E-state index in [-0.39, 0.29) is 12.1 Å². The maximum Gasteiger partial charge on any atom is 0.409 e. The Morgan fingerprint density at radius 3 is 3.18 bits per heavy atom. The highest BCUT2D eigenvalue weighted by molar-refractivity contribution is 5.68. The van der Waals surface area contributed by atoms with Crippen LogP contribution in [-0.2, 0) is 4.74 Å². The third-order valence-corrected chi connectivity index (χ3v) is 2.69. The Hall–Kier alpha value is -1.85. The molecule has 1 saturated heterocycles. The molecule has 0 radical (unpaired) electrons. The van der Waals surface area contributed by atoms with Crippen molar-refractivity contribution < 1.29 is 13.9 Å². The van der Waals surface area contributed by atoms with Crippen molar-refractivity contribution in [3.8, 4) is 0 Å². The number of nitrogens with one attached hydrogen (secondary N) is 1. The molecule has 2 heterocycles. The first-order chi connectivity index (χ1) is 8.19. The van der Waals surface area contributed by atoms with Crippen LogP contribution < -0.4 is 5.32 Å². The normalized spacial score (nSPS) is 19.2. The zero-order valence-corrected chi connectivity index (χ0v) is 9.52. The van der Waals surface area contributed by atoms with Gasteiger partial charge in [-0.05, 0) is 18.6 Å². The van der Waals surface area contributed by atoms with E-state index < -0.39 is 5.95 Å². The lowest BCUT2D eigenvalue weighted by atomic mass is 10.2. The van der Waals surface area contributed by atoms with E-state index >= 15 is 0 Å². The zero-order valence-electron chi connectivity index (χ0n) is 9.52. The lowest BCUT2D eigenvalue weighted by Gasteiger charge is -2.15. The standard InChI is InChI=1S/C11H14FN3O2/c1-17-11(16)15-6-5-8(7-15)13-10-4-2-3-9(12)14-10/h2-4,8H,5-7H2,1H3,(H,13,14)/t8-/m1/s1. The van der Waals surface area contributed by atoms with Gasteiger partial charge in [-0.1, -0.05) is 6.07 Å². The first-order valence-electron chi connectivity index (χ1n) is 5.41. The Kier molecular flexibility index (Phi) is 3.41. The monoisotopic (exact) mass is 239 g/mol. The molecule has 0 unspecified atom stereocenters. The van der Waals surface area contributed by atoms with E-state index in [2.05, 4.69) is 15.0 Å². The molecule has 1 aromatic rings. The Labute approximate surface area is 98.6 Å². The van der Waals surface area contributed by atoms with Gasteiger partial charge in [-0.2, -0.15) is 4.39 Å². The van der Waals surface area contributed by atoms with Crippen molar-refractivity contribution >= 4 is 11.9 Å². The number of halogens is 1. The summed E-state index contributed by atoms with van der Waals surface area (Å²) in [6, 6.07) is 4.67. The predicted octanol–water partition coefficient (Wildman–Crippen LogP) is 1.47. The maximum atomic E-state index is 12.9. The van der Waals surface area contributed by atoms with Gasteiger partial charge in [0.2, 0.25) is 5.95 Å². The van der Waals surface area contributed by atoms with Gasteiger partial charge in [-0.15, -0.1) is 0 Å².